The second-order valence-corrected chi connectivity index (χ2v) is 6.03. The normalized spacial score (nSPS) is 16.9. The topological polar surface area (TPSA) is 47.1 Å². The first kappa shape index (κ1) is 13.6. The third-order valence-corrected chi connectivity index (χ3v) is 4.52. The van der Waals surface area contributed by atoms with E-state index in [1.807, 2.05) is 11.8 Å². The number of nitrogen functional groups attached to an aromatic ring is 1. The number of fused-ring (bicyclic) bond motifs is 1. The highest BCUT2D eigenvalue weighted by molar-refractivity contribution is 7.99. The first-order chi connectivity index (χ1) is 9.66. The van der Waals surface area contributed by atoms with Crippen molar-refractivity contribution in [2.24, 2.45) is 0 Å². The molecule has 108 valence electrons. The van der Waals surface area contributed by atoms with Gasteiger partial charge in [-0.15, -0.1) is 0 Å². The van der Waals surface area contributed by atoms with Crippen LogP contribution in [0.1, 0.15) is 0 Å². The molecule has 0 saturated carbocycles. The van der Waals surface area contributed by atoms with Crippen LogP contribution in [-0.4, -0.2) is 45.6 Å². The number of rotatable bonds is 3. The maximum Gasteiger partial charge on any atom is 0.201 e. The van der Waals surface area contributed by atoms with E-state index in [1.165, 1.54) is 6.07 Å². The van der Waals surface area contributed by atoms with Crippen LogP contribution < -0.4 is 5.73 Å². The number of nitrogens with zero attached hydrogens (tertiary/aromatic N) is 3. The van der Waals surface area contributed by atoms with Gasteiger partial charge in [-0.25, -0.2) is 13.8 Å². The molecule has 0 atom stereocenters. The van der Waals surface area contributed by atoms with Gasteiger partial charge in [0.05, 0.1) is 5.52 Å². The number of hydrogen-bond acceptors (Lipinski definition) is 4. The average molecular weight is 298 g/mol. The van der Waals surface area contributed by atoms with E-state index in [-0.39, 0.29) is 11.5 Å². The molecule has 0 spiro atoms. The second kappa shape index (κ2) is 5.57. The van der Waals surface area contributed by atoms with E-state index in [0.29, 0.717) is 12.1 Å². The molecule has 0 radical (unpaired) electrons. The Morgan fingerprint density at radius 1 is 1.20 bits per heavy atom. The highest BCUT2D eigenvalue weighted by atomic mass is 32.2. The van der Waals surface area contributed by atoms with Gasteiger partial charge < -0.3 is 10.3 Å². The van der Waals surface area contributed by atoms with Crippen molar-refractivity contribution in [1.82, 2.24) is 14.5 Å². The molecular formula is C13H16F2N4S. The number of thioether (sulfide) groups is 1. The molecule has 3 rings (SSSR count). The lowest BCUT2D eigenvalue weighted by Gasteiger charge is -2.26. The first-order valence-electron chi connectivity index (χ1n) is 6.56. The van der Waals surface area contributed by atoms with Gasteiger partial charge in [0.2, 0.25) is 5.95 Å². The Hall–Kier alpha value is -1.34. The van der Waals surface area contributed by atoms with Crippen LogP contribution in [0.2, 0.25) is 0 Å². The molecule has 2 N–H and O–H groups in total. The lowest BCUT2D eigenvalue weighted by atomic mass is 10.3. The molecule has 0 bridgehead atoms. The summed E-state index contributed by atoms with van der Waals surface area (Å²) in [4.78, 5) is 6.39. The molecule has 1 aromatic heterocycles. The molecule has 1 saturated heterocycles. The molecule has 0 aliphatic carbocycles. The second-order valence-electron chi connectivity index (χ2n) is 4.80. The third kappa shape index (κ3) is 2.47. The molecule has 0 amide bonds. The molecule has 1 aliphatic heterocycles. The van der Waals surface area contributed by atoms with E-state index in [4.69, 9.17) is 5.73 Å². The Morgan fingerprint density at radius 2 is 1.95 bits per heavy atom. The number of nitrogens with two attached hydrogens (primary N) is 1. The van der Waals surface area contributed by atoms with Crippen molar-refractivity contribution < 1.29 is 8.78 Å². The van der Waals surface area contributed by atoms with Crippen LogP contribution in [0.15, 0.2) is 12.1 Å². The lowest BCUT2D eigenvalue weighted by molar-refractivity contribution is 0.291. The van der Waals surface area contributed by atoms with E-state index < -0.39 is 11.6 Å². The minimum atomic E-state index is -0.874. The quantitative estimate of drug-likeness (QED) is 0.941. The van der Waals surface area contributed by atoms with Gasteiger partial charge in [0.25, 0.3) is 0 Å². The lowest BCUT2D eigenvalue weighted by Crippen LogP contribution is -2.35. The predicted molar refractivity (Wildman–Crippen MR) is 77.8 cm³/mol. The summed E-state index contributed by atoms with van der Waals surface area (Å²) < 4.78 is 28.9. The fraction of sp³-hybridized carbons (Fsp3) is 0.462. The fourth-order valence-corrected chi connectivity index (χ4v) is 3.45. The smallest absolute Gasteiger partial charge is 0.201 e. The summed E-state index contributed by atoms with van der Waals surface area (Å²) in [6.07, 6.45) is 0. The molecule has 1 fully saturated rings. The van der Waals surface area contributed by atoms with E-state index in [9.17, 15) is 8.78 Å². The summed E-state index contributed by atoms with van der Waals surface area (Å²) in [7, 11) is 0. The summed E-state index contributed by atoms with van der Waals surface area (Å²) in [6, 6.07) is 2.54. The average Bonchev–Trinajstić information content (AvgIpc) is 2.78. The van der Waals surface area contributed by atoms with Gasteiger partial charge in [-0.2, -0.15) is 11.8 Å². The van der Waals surface area contributed by atoms with Gasteiger partial charge >= 0.3 is 0 Å². The largest absolute Gasteiger partial charge is 0.369 e. The molecule has 2 heterocycles. The molecule has 1 aliphatic rings. The molecule has 2 aromatic rings. The van der Waals surface area contributed by atoms with Gasteiger partial charge in [-0.1, -0.05) is 0 Å². The van der Waals surface area contributed by atoms with Gasteiger partial charge in [0, 0.05) is 37.7 Å². The predicted octanol–water partition coefficient (Wildman–Crippen LogP) is 1.95. The molecule has 7 heteroatoms. The molecular weight excluding hydrogens is 282 g/mol. The molecule has 20 heavy (non-hydrogen) atoms. The van der Waals surface area contributed by atoms with Gasteiger partial charge in [0.1, 0.15) is 5.52 Å². The number of benzene rings is 1. The zero-order chi connectivity index (χ0) is 14.1. The SMILES string of the molecule is Nc1nc2ccc(F)c(F)c2n1CCN1CCSCC1. The van der Waals surface area contributed by atoms with Crippen LogP contribution in [-0.2, 0) is 6.54 Å². The van der Waals surface area contributed by atoms with E-state index in [0.717, 1.165) is 37.2 Å². The zero-order valence-corrected chi connectivity index (χ0v) is 11.8. The number of anilines is 1. The summed E-state index contributed by atoms with van der Waals surface area (Å²) in [6.45, 7) is 3.33. The minimum absolute atomic E-state index is 0.161. The Balaban J connectivity index is 1.86. The van der Waals surface area contributed by atoms with Gasteiger partial charge in [-0.3, -0.25) is 4.90 Å². The Kier molecular flexibility index (Phi) is 3.80. The van der Waals surface area contributed by atoms with E-state index in [1.54, 1.807) is 4.57 Å². The fourth-order valence-electron chi connectivity index (χ4n) is 2.47. The number of halogens is 2. The Labute approximate surface area is 119 Å². The van der Waals surface area contributed by atoms with E-state index >= 15 is 0 Å². The number of hydrogen-bond donors (Lipinski definition) is 1. The summed E-state index contributed by atoms with van der Waals surface area (Å²) in [5, 5.41) is 0. The summed E-state index contributed by atoms with van der Waals surface area (Å²) >= 11 is 1.94. The summed E-state index contributed by atoms with van der Waals surface area (Å²) in [5.74, 6) is 0.719. The highest BCUT2D eigenvalue weighted by Crippen LogP contribution is 2.23. The maximum atomic E-state index is 13.9. The van der Waals surface area contributed by atoms with Crippen molar-refractivity contribution in [2.75, 3.05) is 36.9 Å². The van der Waals surface area contributed by atoms with Crippen molar-refractivity contribution in [2.45, 2.75) is 6.54 Å². The van der Waals surface area contributed by atoms with Crippen molar-refractivity contribution in [1.29, 1.82) is 0 Å². The third-order valence-electron chi connectivity index (χ3n) is 3.57. The van der Waals surface area contributed by atoms with Gasteiger partial charge in [-0.05, 0) is 12.1 Å². The van der Waals surface area contributed by atoms with Crippen molar-refractivity contribution in [3.05, 3.63) is 23.8 Å². The monoisotopic (exact) mass is 298 g/mol. The number of aromatic nitrogens is 2. The summed E-state index contributed by atoms with van der Waals surface area (Å²) in [5.41, 5.74) is 6.39. The molecule has 4 nitrogen and oxygen atoms in total. The van der Waals surface area contributed by atoms with Crippen LogP contribution in [0.25, 0.3) is 11.0 Å². The van der Waals surface area contributed by atoms with Crippen molar-refractivity contribution >= 4 is 28.7 Å². The first-order valence-corrected chi connectivity index (χ1v) is 7.72. The van der Waals surface area contributed by atoms with Crippen LogP contribution in [0, 0.1) is 11.6 Å². The number of imidazole rings is 1. The standard InChI is InChI=1S/C13H16F2N4S/c14-9-1-2-10-12(11(9)15)19(13(16)17-10)4-3-18-5-7-20-8-6-18/h1-2H,3-8H2,(H2,16,17). The molecule has 0 unspecified atom stereocenters. The van der Waals surface area contributed by atoms with Crippen LogP contribution in [0.5, 0.6) is 0 Å². The zero-order valence-electron chi connectivity index (χ0n) is 11.0. The minimum Gasteiger partial charge on any atom is -0.369 e. The van der Waals surface area contributed by atoms with Crippen molar-refractivity contribution in [3.8, 4) is 0 Å². The van der Waals surface area contributed by atoms with Crippen LogP contribution in [0.4, 0.5) is 14.7 Å². The highest BCUT2D eigenvalue weighted by Gasteiger charge is 2.17. The molecule has 1 aromatic carbocycles. The Bertz CT molecular complexity index is 622. The van der Waals surface area contributed by atoms with Gasteiger partial charge in [0.15, 0.2) is 11.6 Å². The van der Waals surface area contributed by atoms with Crippen molar-refractivity contribution in [3.63, 3.8) is 0 Å². The van der Waals surface area contributed by atoms with Crippen LogP contribution in [0.3, 0.4) is 0 Å². The maximum absolute atomic E-state index is 13.9. The van der Waals surface area contributed by atoms with Crippen LogP contribution >= 0.6 is 11.8 Å². The Morgan fingerprint density at radius 3 is 2.70 bits per heavy atom. The van der Waals surface area contributed by atoms with E-state index in [2.05, 4.69) is 9.88 Å².